The molecule has 1 aromatic carbocycles. The van der Waals surface area contributed by atoms with Crippen LogP contribution >= 0.6 is 15.9 Å². The highest BCUT2D eigenvalue weighted by Gasteiger charge is 2.32. The van der Waals surface area contributed by atoms with Gasteiger partial charge in [-0.25, -0.2) is 4.39 Å². The summed E-state index contributed by atoms with van der Waals surface area (Å²) in [6, 6.07) is 4.98. The fourth-order valence-corrected chi connectivity index (χ4v) is 2.86. The van der Waals surface area contributed by atoms with Crippen molar-refractivity contribution in [3.63, 3.8) is 0 Å². The van der Waals surface area contributed by atoms with Crippen molar-refractivity contribution >= 4 is 15.9 Å². The van der Waals surface area contributed by atoms with Crippen LogP contribution in [0.2, 0.25) is 0 Å². The second kappa shape index (κ2) is 5.46. The van der Waals surface area contributed by atoms with Gasteiger partial charge >= 0.3 is 0 Å². The predicted molar refractivity (Wildman–Crippen MR) is 69.4 cm³/mol. The van der Waals surface area contributed by atoms with Gasteiger partial charge in [-0.15, -0.1) is 0 Å². The smallest absolute Gasteiger partial charge is 0.126 e. The van der Waals surface area contributed by atoms with E-state index in [4.69, 9.17) is 0 Å². The number of hydrogen-bond acceptors (Lipinski definition) is 2. The highest BCUT2D eigenvalue weighted by atomic mass is 79.9. The van der Waals surface area contributed by atoms with Crippen LogP contribution in [-0.4, -0.2) is 24.8 Å². The van der Waals surface area contributed by atoms with Gasteiger partial charge in [0.2, 0.25) is 0 Å². The van der Waals surface area contributed by atoms with Crippen LogP contribution in [0.1, 0.15) is 18.4 Å². The van der Waals surface area contributed by atoms with Crippen molar-refractivity contribution in [3.05, 3.63) is 34.1 Å². The van der Waals surface area contributed by atoms with Crippen LogP contribution in [0.15, 0.2) is 22.7 Å². The van der Waals surface area contributed by atoms with Crippen molar-refractivity contribution in [2.24, 2.45) is 5.41 Å². The first-order valence-corrected chi connectivity index (χ1v) is 6.70. The Hall–Kier alpha value is -0.450. The van der Waals surface area contributed by atoms with Crippen molar-refractivity contribution in [2.45, 2.75) is 19.3 Å². The fraction of sp³-hybridized carbons (Fsp3) is 0.538. The Labute approximate surface area is 109 Å². The van der Waals surface area contributed by atoms with E-state index in [1.54, 1.807) is 12.1 Å². The van der Waals surface area contributed by atoms with Crippen LogP contribution in [-0.2, 0) is 6.42 Å². The zero-order chi connectivity index (χ0) is 12.3. The van der Waals surface area contributed by atoms with Gasteiger partial charge in [0.05, 0.1) is 6.61 Å². The number of aliphatic hydroxyl groups excluding tert-OH is 1. The third-order valence-corrected chi connectivity index (χ3v) is 3.96. The fourth-order valence-electron chi connectivity index (χ4n) is 2.45. The van der Waals surface area contributed by atoms with Crippen LogP contribution in [0, 0.1) is 11.2 Å². The molecule has 0 aromatic heterocycles. The Balaban J connectivity index is 2.20. The second-order valence-electron chi connectivity index (χ2n) is 4.85. The van der Waals surface area contributed by atoms with E-state index in [2.05, 4.69) is 21.2 Å². The van der Waals surface area contributed by atoms with E-state index in [0.29, 0.717) is 12.0 Å². The van der Waals surface area contributed by atoms with Crippen LogP contribution < -0.4 is 5.32 Å². The maximum atomic E-state index is 13.7. The molecule has 1 atom stereocenters. The Kier molecular flexibility index (Phi) is 4.17. The number of halogens is 2. The average Bonchev–Trinajstić information content (AvgIpc) is 2.35. The van der Waals surface area contributed by atoms with Crippen molar-refractivity contribution < 1.29 is 9.50 Å². The molecule has 1 fully saturated rings. The molecule has 0 spiro atoms. The Bertz CT molecular complexity index is 391. The molecular weight excluding hydrogens is 285 g/mol. The van der Waals surface area contributed by atoms with Gasteiger partial charge in [0.15, 0.2) is 0 Å². The first-order chi connectivity index (χ1) is 8.15. The van der Waals surface area contributed by atoms with E-state index >= 15 is 0 Å². The van der Waals surface area contributed by atoms with Crippen molar-refractivity contribution in [1.82, 2.24) is 5.32 Å². The molecule has 0 bridgehead atoms. The molecule has 0 radical (unpaired) electrons. The summed E-state index contributed by atoms with van der Waals surface area (Å²) >= 11 is 3.36. The summed E-state index contributed by atoms with van der Waals surface area (Å²) in [7, 11) is 0. The summed E-state index contributed by atoms with van der Waals surface area (Å²) in [5.74, 6) is -0.188. The molecular formula is C13H17BrFNO. The first kappa shape index (κ1) is 13.0. The molecule has 17 heavy (non-hydrogen) atoms. The lowest BCUT2D eigenvalue weighted by Gasteiger charge is -2.36. The standard InChI is InChI=1S/C13H17BrFNO/c14-11-2-3-12(15)10(6-11)7-13(9-17)4-1-5-16-8-13/h2-3,6,16-17H,1,4-5,7-9H2. The monoisotopic (exact) mass is 301 g/mol. The van der Waals surface area contributed by atoms with Gasteiger partial charge in [0.25, 0.3) is 0 Å². The highest BCUT2D eigenvalue weighted by molar-refractivity contribution is 9.10. The van der Waals surface area contributed by atoms with Gasteiger partial charge in [-0.1, -0.05) is 15.9 Å². The molecule has 1 aliphatic heterocycles. The minimum Gasteiger partial charge on any atom is -0.396 e. The summed E-state index contributed by atoms with van der Waals surface area (Å²) in [5, 5.41) is 12.9. The van der Waals surface area contributed by atoms with Crippen LogP contribution in [0.3, 0.4) is 0 Å². The predicted octanol–water partition coefficient (Wildman–Crippen LogP) is 2.49. The van der Waals surface area contributed by atoms with Crippen molar-refractivity contribution in [1.29, 1.82) is 0 Å². The average molecular weight is 302 g/mol. The SMILES string of the molecule is OCC1(Cc2cc(Br)ccc2F)CCCNC1. The molecule has 2 nitrogen and oxygen atoms in total. The number of piperidine rings is 1. The van der Waals surface area contributed by atoms with Gasteiger partial charge in [0, 0.05) is 16.4 Å². The Morgan fingerprint density at radius 2 is 2.29 bits per heavy atom. The minimum absolute atomic E-state index is 0.103. The number of benzene rings is 1. The van der Waals surface area contributed by atoms with E-state index in [1.165, 1.54) is 6.07 Å². The molecule has 1 saturated heterocycles. The molecule has 1 heterocycles. The quantitative estimate of drug-likeness (QED) is 0.899. The van der Waals surface area contributed by atoms with E-state index < -0.39 is 0 Å². The van der Waals surface area contributed by atoms with E-state index in [9.17, 15) is 9.50 Å². The number of rotatable bonds is 3. The van der Waals surface area contributed by atoms with Crippen molar-refractivity contribution in [2.75, 3.05) is 19.7 Å². The van der Waals surface area contributed by atoms with Gasteiger partial charge in [-0.05, 0) is 49.6 Å². The molecule has 0 amide bonds. The van der Waals surface area contributed by atoms with Gasteiger partial charge in [-0.2, -0.15) is 0 Å². The maximum absolute atomic E-state index is 13.7. The summed E-state index contributed by atoms with van der Waals surface area (Å²) < 4.78 is 14.6. The van der Waals surface area contributed by atoms with Gasteiger partial charge < -0.3 is 10.4 Å². The maximum Gasteiger partial charge on any atom is 0.126 e. The number of hydrogen-bond donors (Lipinski definition) is 2. The van der Waals surface area contributed by atoms with E-state index in [1.807, 2.05) is 0 Å². The van der Waals surface area contributed by atoms with E-state index in [-0.39, 0.29) is 17.8 Å². The lowest BCUT2D eigenvalue weighted by molar-refractivity contribution is 0.0939. The highest BCUT2D eigenvalue weighted by Crippen LogP contribution is 2.31. The summed E-state index contributed by atoms with van der Waals surface area (Å²) in [6.07, 6.45) is 2.57. The minimum atomic E-state index is -0.208. The van der Waals surface area contributed by atoms with Crippen LogP contribution in [0.5, 0.6) is 0 Å². The Morgan fingerprint density at radius 1 is 1.47 bits per heavy atom. The molecule has 2 rings (SSSR count). The van der Waals surface area contributed by atoms with Crippen molar-refractivity contribution in [3.8, 4) is 0 Å². The molecule has 1 unspecified atom stereocenters. The summed E-state index contributed by atoms with van der Waals surface area (Å²) in [5.41, 5.74) is 0.469. The largest absolute Gasteiger partial charge is 0.396 e. The van der Waals surface area contributed by atoms with Crippen LogP contribution in [0.25, 0.3) is 0 Å². The Morgan fingerprint density at radius 3 is 2.94 bits per heavy atom. The zero-order valence-corrected chi connectivity index (χ0v) is 11.3. The molecule has 2 N–H and O–H groups in total. The first-order valence-electron chi connectivity index (χ1n) is 5.91. The third-order valence-electron chi connectivity index (χ3n) is 3.47. The van der Waals surface area contributed by atoms with Gasteiger partial charge in [-0.3, -0.25) is 0 Å². The molecule has 4 heteroatoms. The number of nitrogens with one attached hydrogen (secondary N) is 1. The second-order valence-corrected chi connectivity index (χ2v) is 5.77. The lowest BCUT2D eigenvalue weighted by Crippen LogP contribution is -2.44. The normalized spacial score (nSPS) is 24.9. The van der Waals surface area contributed by atoms with Crippen LogP contribution in [0.4, 0.5) is 4.39 Å². The molecule has 94 valence electrons. The third kappa shape index (κ3) is 3.06. The topological polar surface area (TPSA) is 32.3 Å². The number of aliphatic hydroxyl groups is 1. The lowest BCUT2D eigenvalue weighted by atomic mass is 9.76. The summed E-state index contributed by atoms with van der Waals surface area (Å²) in [4.78, 5) is 0. The molecule has 1 aliphatic rings. The van der Waals surface area contributed by atoms with Gasteiger partial charge in [0.1, 0.15) is 5.82 Å². The molecule has 0 aliphatic carbocycles. The summed E-state index contributed by atoms with van der Waals surface area (Å²) in [6.45, 7) is 1.85. The van der Waals surface area contributed by atoms with E-state index in [0.717, 1.165) is 30.4 Å². The molecule has 0 saturated carbocycles. The molecule has 1 aromatic rings. The zero-order valence-electron chi connectivity index (χ0n) is 9.68.